The number of thiazole rings is 1. The van der Waals surface area contributed by atoms with Gasteiger partial charge in [-0.1, -0.05) is 32.9 Å². The number of anilines is 1. The van der Waals surface area contributed by atoms with Gasteiger partial charge in [0.25, 0.3) is 0 Å². The van der Waals surface area contributed by atoms with Gasteiger partial charge in [0, 0.05) is 29.8 Å². The van der Waals surface area contributed by atoms with Gasteiger partial charge in [0.1, 0.15) is 4.88 Å². The summed E-state index contributed by atoms with van der Waals surface area (Å²) in [6.07, 6.45) is -2.05. The molecule has 1 aliphatic heterocycles. The van der Waals surface area contributed by atoms with Gasteiger partial charge < -0.3 is 4.90 Å². The molecule has 2 heterocycles. The van der Waals surface area contributed by atoms with Crippen molar-refractivity contribution in [1.29, 1.82) is 0 Å². The number of nitrogens with zero attached hydrogens (tertiary/aromatic N) is 2. The molecular formula is C18H21F3N2S. The van der Waals surface area contributed by atoms with Crippen molar-refractivity contribution in [1.82, 2.24) is 4.98 Å². The van der Waals surface area contributed by atoms with Crippen molar-refractivity contribution < 1.29 is 13.2 Å². The molecule has 6 heteroatoms. The van der Waals surface area contributed by atoms with E-state index in [1.165, 1.54) is 12.8 Å². The third kappa shape index (κ3) is 3.43. The molecule has 0 unspecified atom stereocenters. The maximum absolute atomic E-state index is 13.4. The van der Waals surface area contributed by atoms with Crippen molar-refractivity contribution >= 4 is 17.0 Å². The average Bonchev–Trinajstić information content (AvgIpc) is 3.16. The Morgan fingerprint density at radius 1 is 1.00 bits per heavy atom. The van der Waals surface area contributed by atoms with Crippen LogP contribution in [-0.4, -0.2) is 18.1 Å². The molecule has 0 bridgehead atoms. The number of alkyl halides is 3. The number of benzene rings is 1. The van der Waals surface area contributed by atoms with Crippen LogP contribution in [0.25, 0.3) is 11.3 Å². The summed E-state index contributed by atoms with van der Waals surface area (Å²) in [6.45, 7) is 7.67. The fourth-order valence-corrected chi connectivity index (χ4v) is 3.85. The predicted molar refractivity (Wildman–Crippen MR) is 92.7 cm³/mol. The van der Waals surface area contributed by atoms with E-state index in [0.29, 0.717) is 10.6 Å². The standard InChI is InChI=1S/C18H21F3N2S/c1-17(2,3)16-22-14(15(24-16)18(19,20)21)12-6-8-13(9-7-12)23-10-4-5-11-23/h6-9H,4-5,10-11H2,1-3H3. The van der Waals surface area contributed by atoms with Crippen LogP contribution in [0.1, 0.15) is 43.5 Å². The van der Waals surface area contributed by atoms with Crippen LogP contribution in [-0.2, 0) is 11.6 Å². The van der Waals surface area contributed by atoms with Crippen LogP contribution in [0.3, 0.4) is 0 Å². The molecule has 1 aliphatic rings. The van der Waals surface area contributed by atoms with Crippen molar-refractivity contribution in [2.45, 2.75) is 45.2 Å². The predicted octanol–water partition coefficient (Wildman–Crippen LogP) is 5.73. The first-order valence-corrected chi connectivity index (χ1v) is 8.92. The van der Waals surface area contributed by atoms with Gasteiger partial charge in [0.2, 0.25) is 0 Å². The molecule has 0 radical (unpaired) electrons. The normalized spacial score (nSPS) is 16.0. The molecule has 0 atom stereocenters. The van der Waals surface area contributed by atoms with Crippen LogP contribution in [0.4, 0.5) is 18.9 Å². The maximum Gasteiger partial charge on any atom is 0.427 e. The third-order valence-electron chi connectivity index (χ3n) is 4.14. The second-order valence-corrected chi connectivity index (χ2v) is 8.18. The van der Waals surface area contributed by atoms with Crippen LogP contribution >= 0.6 is 11.3 Å². The molecule has 2 nitrogen and oxygen atoms in total. The number of aromatic nitrogens is 1. The second-order valence-electron chi connectivity index (χ2n) is 7.19. The summed E-state index contributed by atoms with van der Waals surface area (Å²) in [5.74, 6) is 0. The molecule has 24 heavy (non-hydrogen) atoms. The minimum Gasteiger partial charge on any atom is -0.372 e. The summed E-state index contributed by atoms with van der Waals surface area (Å²) in [5.41, 5.74) is 1.23. The van der Waals surface area contributed by atoms with Gasteiger partial charge in [-0.05, 0) is 25.0 Å². The number of halogens is 3. The molecule has 0 amide bonds. The van der Waals surface area contributed by atoms with E-state index in [1.54, 1.807) is 12.1 Å². The Kier molecular flexibility index (Phi) is 4.36. The van der Waals surface area contributed by atoms with Gasteiger partial charge >= 0.3 is 6.18 Å². The van der Waals surface area contributed by atoms with Crippen molar-refractivity contribution in [2.75, 3.05) is 18.0 Å². The zero-order valence-electron chi connectivity index (χ0n) is 14.1. The lowest BCUT2D eigenvalue weighted by Gasteiger charge is -2.17. The fourth-order valence-electron chi connectivity index (χ4n) is 2.83. The van der Waals surface area contributed by atoms with Gasteiger partial charge in [-0.15, -0.1) is 11.3 Å². The highest BCUT2D eigenvalue weighted by Gasteiger charge is 2.39. The summed E-state index contributed by atoms with van der Waals surface area (Å²) in [4.78, 5) is 5.98. The molecule has 3 rings (SSSR count). The Hall–Kier alpha value is -1.56. The van der Waals surface area contributed by atoms with Gasteiger partial charge in [0.05, 0.1) is 10.7 Å². The molecule has 1 saturated heterocycles. The molecule has 0 N–H and O–H groups in total. The summed E-state index contributed by atoms with van der Waals surface area (Å²) in [7, 11) is 0. The van der Waals surface area contributed by atoms with Crippen molar-refractivity contribution in [3.8, 4) is 11.3 Å². The SMILES string of the molecule is CC(C)(C)c1nc(-c2ccc(N3CCCC3)cc2)c(C(F)(F)F)s1. The highest BCUT2D eigenvalue weighted by Crippen LogP contribution is 2.43. The van der Waals surface area contributed by atoms with E-state index in [4.69, 9.17) is 0 Å². The first-order chi connectivity index (χ1) is 11.2. The quantitative estimate of drug-likeness (QED) is 0.685. The molecule has 2 aromatic rings. The van der Waals surface area contributed by atoms with E-state index in [2.05, 4.69) is 9.88 Å². The molecule has 0 aliphatic carbocycles. The van der Waals surface area contributed by atoms with E-state index in [-0.39, 0.29) is 5.69 Å². The fraction of sp³-hybridized carbons (Fsp3) is 0.500. The van der Waals surface area contributed by atoms with Crippen LogP contribution in [0, 0.1) is 0 Å². The van der Waals surface area contributed by atoms with Gasteiger partial charge in [-0.25, -0.2) is 4.98 Å². The zero-order chi connectivity index (χ0) is 17.5. The number of hydrogen-bond acceptors (Lipinski definition) is 3. The Morgan fingerprint density at radius 3 is 2.08 bits per heavy atom. The topological polar surface area (TPSA) is 16.1 Å². The van der Waals surface area contributed by atoms with E-state index in [1.807, 2.05) is 32.9 Å². The van der Waals surface area contributed by atoms with Gasteiger partial charge in [-0.3, -0.25) is 0 Å². The first kappa shape index (κ1) is 17.3. The van der Waals surface area contributed by atoms with Crippen LogP contribution in [0.5, 0.6) is 0 Å². The molecule has 0 saturated carbocycles. The highest BCUT2D eigenvalue weighted by atomic mass is 32.1. The van der Waals surface area contributed by atoms with E-state index >= 15 is 0 Å². The monoisotopic (exact) mass is 354 g/mol. The van der Waals surface area contributed by atoms with E-state index < -0.39 is 16.5 Å². The zero-order valence-corrected chi connectivity index (χ0v) is 14.9. The summed E-state index contributed by atoms with van der Waals surface area (Å²) in [5, 5.41) is 0.508. The summed E-state index contributed by atoms with van der Waals surface area (Å²) in [6, 6.07) is 7.31. The molecular weight excluding hydrogens is 333 g/mol. The Balaban J connectivity index is 2.00. The summed E-state index contributed by atoms with van der Waals surface area (Å²) < 4.78 is 40.3. The first-order valence-electron chi connectivity index (χ1n) is 8.10. The van der Waals surface area contributed by atoms with E-state index in [0.717, 1.165) is 30.1 Å². The minimum atomic E-state index is -4.38. The smallest absolute Gasteiger partial charge is 0.372 e. The largest absolute Gasteiger partial charge is 0.427 e. The molecule has 0 spiro atoms. The van der Waals surface area contributed by atoms with Gasteiger partial charge in [0.15, 0.2) is 0 Å². The van der Waals surface area contributed by atoms with Crippen LogP contribution in [0.2, 0.25) is 0 Å². The average molecular weight is 354 g/mol. The Bertz CT molecular complexity index is 705. The lowest BCUT2D eigenvalue weighted by Crippen LogP contribution is -2.17. The molecule has 130 valence electrons. The van der Waals surface area contributed by atoms with Crippen LogP contribution in [0.15, 0.2) is 24.3 Å². The Labute approximate surface area is 144 Å². The molecule has 1 fully saturated rings. The number of rotatable bonds is 2. The third-order valence-corrected chi connectivity index (χ3v) is 5.66. The maximum atomic E-state index is 13.4. The number of hydrogen-bond donors (Lipinski definition) is 0. The highest BCUT2D eigenvalue weighted by molar-refractivity contribution is 7.12. The van der Waals surface area contributed by atoms with Crippen molar-refractivity contribution in [3.63, 3.8) is 0 Å². The summed E-state index contributed by atoms with van der Waals surface area (Å²) >= 11 is 0.751. The Morgan fingerprint density at radius 2 is 1.58 bits per heavy atom. The van der Waals surface area contributed by atoms with Crippen LogP contribution < -0.4 is 4.90 Å². The minimum absolute atomic E-state index is 0.0467. The lowest BCUT2D eigenvalue weighted by molar-refractivity contribution is -0.134. The van der Waals surface area contributed by atoms with Crippen molar-refractivity contribution in [2.24, 2.45) is 0 Å². The molecule has 1 aromatic heterocycles. The van der Waals surface area contributed by atoms with Gasteiger partial charge in [-0.2, -0.15) is 13.2 Å². The second kappa shape index (κ2) is 6.06. The lowest BCUT2D eigenvalue weighted by atomic mass is 9.98. The molecule has 1 aromatic carbocycles. The van der Waals surface area contributed by atoms with E-state index in [9.17, 15) is 13.2 Å². The van der Waals surface area contributed by atoms with Crippen molar-refractivity contribution in [3.05, 3.63) is 34.2 Å².